The molecule has 0 radical (unpaired) electrons. The molecule has 0 spiro atoms. The molecule has 342 valence electrons. The van der Waals surface area contributed by atoms with Crippen LogP contribution >= 0.6 is 0 Å². The van der Waals surface area contributed by atoms with Gasteiger partial charge in [0.15, 0.2) is 0 Å². The van der Waals surface area contributed by atoms with Crippen LogP contribution in [-0.4, -0.2) is 0 Å². The normalized spacial score (nSPS) is 12.5. The zero-order valence-corrected chi connectivity index (χ0v) is 40.0. The number of furan rings is 1. The quantitative estimate of drug-likeness (QED) is 0.143. The van der Waals surface area contributed by atoms with E-state index in [9.17, 15) is 0 Å². The van der Waals surface area contributed by atoms with E-state index in [2.05, 4.69) is 278 Å². The maximum absolute atomic E-state index is 6.49. The summed E-state index contributed by atoms with van der Waals surface area (Å²) in [7, 11) is 0. The molecule has 1 aliphatic carbocycles. The molecule has 0 atom stereocenters. The molecule has 0 amide bonds. The summed E-state index contributed by atoms with van der Waals surface area (Å²) in [5.74, 6) is 0. The number of hydrogen-bond donors (Lipinski definition) is 0. The van der Waals surface area contributed by atoms with Gasteiger partial charge >= 0.3 is 0 Å². The van der Waals surface area contributed by atoms with Crippen LogP contribution in [0.4, 0.5) is 17.1 Å². The zero-order chi connectivity index (χ0) is 48.3. The van der Waals surface area contributed by atoms with Crippen molar-refractivity contribution in [2.24, 2.45) is 0 Å². The summed E-state index contributed by atoms with van der Waals surface area (Å²) in [6.45, 7) is 0. The predicted molar refractivity (Wildman–Crippen MR) is 305 cm³/mol. The molecule has 2 nitrogen and oxygen atoms in total. The lowest BCUT2D eigenvalue weighted by molar-refractivity contribution is 0.670. The Morgan fingerprint density at radius 1 is 0.288 bits per heavy atom. The summed E-state index contributed by atoms with van der Waals surface area (Å²) < 4.78 is 6.49. The molecule has 12 aromatic carbocycles. The van der Waals surface area contributed by atoms with Gasteiger partial charge < -0.3 is 9.32 Å². The van der Waals surface area contributed by atoms with Gasteiger partial charge in [-0.3, -0.25) is 0 Å². The summed E-state index contributed by atoms with van der Waals surface area (Å²) in [5, 5.41) is 4.75. The fraction of sp³-hybridized carbons (Fsp3) is 0.0141. The van der Waals surface area contributed by atoms with Crippen LogP contribution in [-0.2, 0) is 5.41 Å². The monoisotopic (exact) mass is 929 g/mol. The van der Waals surface area contributed by atoms with E-state index in [1.54, 1.807) is 0 Å². The Hall–Kier alpha value is -9.50. The number of para-hydroxylation sites is 2. The van der Waals surface area contributed by atoms with Gasteiger partial charge in [-0.25, -0.2) is 0 Å². The molecule has 0 N–H and O–H groups in total. The van der Waals surface area contributed by atoms with Crippen LogP contribution in [0.1, 0.15) is 22.3 Å². The maximum Gasteiger partial charge on any atom is 0.143 e. The highest BCUT2D eigenvalue weighted by Gasteiger charge is 2.46. The van der Waals surface area contributed by atoms with Crippen molar-refractivity contribution in [2.75, 3.05) is 4.90 Å². The van der Waals surface area contributed by atoms with Crippen molar-refractivity contribution in [3.05, 3.63) is 307 Å². The molecule has 14 rings (SSSR count). The molecule has 1 aromatic heterocycles. The molecule has 0 bridgehead atoms. The molecule has 0 fully saturated rings. The van der Waals surface area contributed by atoms with Crippen LogP contribution in [0.5, 0.6) is 0 Å². The van der Waals surface area contributed by atoms with Gasteiger partial charge in [-0.05, 0) is 138 Å². The molecule has 1 heterocycles. The molecule has 2 heteroatoms. The minimum Gasteiger partial charge on any atom is -0.455 e. The smallest absolute Gasteiger partial charge is 0.143 e. The lowest BCUT2D eigenvalue weighted by atomic mass is 9.67. The molecule has 0 saturated carbocycles. The molecule has 0 saturated heterocycles. The Bertz CT molecular complexity index is 4130. The van der Waals surface area contributed by atoms with Gasteiger partial charge in [0.2, 0.25) is 0 Å². The highest BCUT2D eigenvalue weighted by Crippen LogP contribution is 2.58. The third-order valence-electron chi connectivity index (χ3n) is 15.2. The van der Waals surface area contributed by atoms with E-state index < -0.39 is 5.41 Å². The molecule has 13 aromatic rings. The second-order valence-corrected chi connectivity index (χ2v) is 19.2. The Kier molecular flexibility index (Phi) is 10.1. The van der Waals surface area contributed by atoms with Gasteiger partial charge in [-0.15, -0.1) is 0 Å². The second kappa shape index (κ2) is 17.4. The third kappa shape index (κ3) is 7.02. The Balaban J connectivity index is 0.866. The second-order valence-electron chi connectivity index (χ2n) is 19.2. The van der Waals surface area contributed by atoms with Crippen LogP contribution < -0.4 is 4.90 Å². The van der Waals surface area contributed by atoms with Crippen LogP contribution in [0.15, 0.2) is 290 Å². The minimum absolute atomic E-state index is 0.465. The zero-order valence-electron chi connectivity index (χ0n) is 40.0. The van der Waals surface area contributed by atoms with E-state index in [0.717, 1.165) is 55.7 Å². The van der Waals surface area contributed by atoms with Crippen molar-refractivity contribution in [3.8, 4) is 55.6 Å². The number of anilines is 3. The van der Waals surface area contributed by atoms with Crippen molar-refractivity contribution in [2.45, 2.75) is 5.41 Å². The number of hydrogen-bond acceptors (Lipinski definition) is 2. The van der Waals surface area contributed by atoms with Crippen LogP contribution in [0.2, 0.25) is 0 Å². The van der Waals surface area contributed by atoms with Crippen molar-refractivity contribution < 1.29 is 4.42 Å². The fourth-order valence-electron chi connectivity index (χ4n) is 11.8. The SMILES string of the molecule is c1ccc(C2(c3ccccc3)c3ccccc3-c3c(-c4ccc(N(c5ccc(-c6cccc(-c7ccc8ccccc8c7)c6)cc5)c5ccc(-c6cccc7c6oc6ccccc67)cc5)cc4)cccc32)cc1. The van der Waals surface area contributed by atoms with Gasteiger partial charge in [-0.2, -0.15) is 0 Å². The predicted octanol–water partition coefficient (Wildman–Crippen LogP) is 19.2. The molecule has 1 aliphatic rings. The Labute approximate surface area is 425 Å². The summed E-state index contributed by atoms with van der Waals surface area (Å²) in [4.78, 5) is 2.37. The van der Waals surface area contributed by atoms with E-state index in [0.29, 0.717) is 0 Å². The van der Waals surface area contributed by atoms with Gasteiger partial charge in [0.25, 0.3) is 0 Å². The molecule has 0 unspecified atom stereocenters. The summed E-state index contributed by atoms with van der Waals surface area (Å²) in [5.41, 5.74) is 21.5. The van der Waals surface area contributed by atoms with E-state index in [4.69, 9.17) is 4.42 Å². The van der Waals surface area contributed by atoms with Crippen molar-refractivity contribution in [1.82, 2.24) is 0 Å². The fourth-order valence-corrected chi connectivity index (χ4v) is 11.8. The minimum atomic E-state index is -0.465. The molecular formula is C71H47NO. The van der Waals surface area contributed by atoms with Crippen molar-refractivity contribution in [1.29, 1.82) is 0 Å². The Morgan fingerprint density at radius 3 is 1.48 bits per heavy atom. The van der Waals surface area contributed by atoms with Crippen molar-refractivity contribution >= 4 is 49.8 Å². The average molecular weight is 930 g/mol. The third-order valence-corrected chi connectivity index (χ3v) is 15.2. The summed E-state index contributed by atoms with van der Waals surface area (Å²) in [6.07, 6.45) is 0. The van der Waals surface area contributed by atoms with E-state index in [-0.39, 0.29) is 0 Å². The average Bonchev–Trinajstić information content (AvgIpc) is 4.06. The summed E-state index contributed by atoms with van der Waals surface area (Å²) >= 11 is 0. The highest BCUT2D eigenvalue weighted by atomic mass is 16.3. The van der Waals surface area contributed by atoms with E-state index in [1.807, 2.05) is 12.1 Å². The number of rotatable bonds is 9. The standard InChI is InChI=1S/C71H47NO/c1-3-20-56(21-4-1)71(57-22-5-2-6-23-57)66-29-11-9-25-65(66)69-61(26-15-30-67(69)71)50-36-42-59(43-37-50)72(60-44-38-51(39-45-60)62-27-14-28-64-63-24-10-12-31-68(63)73-70(62)64)58-40-34-49(35-41-58)53-18-13-19-54(46-53)55-33-32-48-16-7-8-17-52(48)47-55/h1-47H. The first-order chi connectivity index (χ1) is 36.2. The van der Waals surface area contributed by atoms with Crippen LogP contribution in [0, 0.1) is 0 Å². The largest absolute Gasteiger partial charge is 0.455 e. The maximum atomic E-state index is 6.49. The van der Waals surface area contributed by atoms with Gasteiger partial charge in [0.05, 0.1) is 5.41 Å². The van der Waals surface area contributed by atoms with Gasteiger partial charge in [-0.1, -0.05) is 231 Å². The van der Waals surface area contributed by atoms with Crippen LogP contribution in [0.25, 0.3) is 88.3 Å². The first-order valence-electron chi connectivity index (χ1n) is 25.1. The Morgan fingerprint density at radius 2 is 0.767 bits per heavy atom. The van der Waals surface area contributed by atoms with Gasteiger partial charge in [0, 0.05) is 33.4 Å². The summed E-state index contributed by atoms with van der Waals surface area (Å²) in [6, 6.07) is 104. The number of fused-ring (bicyclic) bond motifs is 7. The van der Waals surface area contributed by atoms with Gasteiger partial charge in [0.1, 0.15) is 11.2 Å². The lowest BCUT2D eigenvalue weighted by Gasteiger charge is -2.34. The topological polar surface area (TPSA) is 16.4 Å². The van der Waals surface area contributed by atoms with Crippen LogP contribution in [0.3, 0.4) is 0 Å². The molecular weight excluding hydrogens is 883 g/mol. The first-order valence-corrected chi connectivity index (χ1v) is 25.1. The molecule has 73 heavy (non-hydrogen) atoms. The lowest BCUT2D eigenvalue weighted by Crippen LogP contribution is -2.28. The van der Waals surface area contributed by atoms with E-state index in [1.165, 1.54) is 72.0 Å². The number of nitrogens with zero attached hydrogens (tertiary/aromatic N) is 1. The molecule has 0 aliphatic heterocycles. The highest BCUT2D eigenvalue weighted by molar-refractivity contribution is 6.09. The number of benzene rings is 12. The van der Waals surface area contributed by atoms with E-state index >= 15 is 0 Å². The van der Waals surface area contributed by atoms with Crippen molar-refractivity contribution in [3.63, 3.8) is 0 Å². The first kappa shape index (κ1) is 42.4.